The van der Waals surface area contributed by atoms with E-state index in [2.05, 4.69) is 20.3 Å². The first kappa shape index (κ1) is 17.7. The molecule has 0 saturated heterocycles. The van der Waals surface area contributed by atoms with Crippen molar-refractivity contribution >= 4 is 39.6 Å². The zero-order chi connectivity index (χ0) is 19.6. The van der Waals surface area contributed by atoms with Gasteiger partial charge >= 0.3 is 0 Å². The predicted molar refractivity (Wildman–Crippen MR) is 115 cm³/mol. The fourth-order valence-electron chi connectivity index (χ4n) is 2.98. The Morgan fingerprint density at radius 1 is 1.07 bits per heavy atom. The maximum Gasteiger partial charge on any atom is 0.271 e. The summed E-state index contributed by atoms with van der Waals surface area (Å²) in [6.45, 7) is 0.391. The highest BCUT2D eigenvalue weighted by atomic mass is 32.1. The van der Waals surface area contributed by atoms with Crippen LogP contribution in [-0.4, -0.2) is 25.4 Å². The van der Waals surface area contributed by atoms with E-state index in [1.165, 1.54) is 11.3 Å². The Morgan fingerprint density at radius 3 is 2.83 bits per heavy atom. The van der Waals surface area contributed by atoms with Crippen LogP contribution < -0.4 is 5.32 Å². The molecule has 4 heterocycles. The van der Waals surface area contributed by atoms with Gasteiger partial charge in [-0.1, -0.05) is 18.2 Å². The molecule has 1 aromatic carbocycles. The summed E-state index contributed by atoms with van der Waals surface area (Å²) in [5.41, 5.74) is 4.33. The second-order valence-corrected chi connectivity index (χ2v) is 8.00. The van der Waals surface area contributed by atoms with Crippen molar-refractivity contribution in [2.75, 3.05) is 0 Å². The predicted octanol–water partition coefficient (Wildman–Crippen LogP) is 4.54. The fourth-order valence-corrected chi connectivity index (χ4v) is 4.49. The van der Waals surface area contributed by atoms with E-state index in [0.29, 0.717) is 12.2 Å². The average molecular weight is 418 g/mol. The molecule has 0 aliphatic rings. The fraction of sp³-hybridized carbons (Fsp3) is 0.0476. The van der Waals surface area contributed by atoms with E-state index in [4.69, 9.17) is 0 Å². The lowest BCUT2D eigenvalue weighted by atomic mass is 10.2. The quantitative estimate of drug-likeness (QED) is 0.456. The number of benzene rings is 1. The third-order valence-electron chi connectivity index (χ3n) is 4.47. The van der Waals surface area contributed by atoms with Gasteiger partial charge in [0.1, 0.15) is 22.8 Å². The molecule has 0 atom stereocenters. The van der Waals surface area contributed by atoms with Crippen molar-refractivity contribution in [2.45, 2.75) is 6.54 Å². The summed E-state index contributed by atoms with van der Waals surface area (Å²) in [6.07, 6.45) is 3.53. The zero-order valence-corrected chi connectivity index (χ0v) is 16.8. The molecule has 1 N–H and O–H groups in total. The number of para-hydroxylation sites is 2. The number of imidazole rings is 1. The number of thiazole rings is 1. The Hall–Kier alpha value is -3.36. The molecule has 4 aromatic heterocycles. The molecular formula is C21H15N5OS2. The number of hydrogen-bond acceptors (Lipinski definition) is 6. The van der Waals surface area contributed by atoms with Crippen LogP contribution in [0.3, 0.4) is 0 Å². The largest absolute Gasteiger partial charge is 0.347 e. The zero-order valence-electron chi connectivity index (χ0n) is 15.1. The lowest BCUT2D eigenvalue weighted by molar-refractivity contribution is 0.0946. The first-order chi connectivity index (χ1) is 14.3. The average Bonchev–Trinajstić information content (AvgIpc) is 3.52. The summed E-state index contributed by atoms with van der Waals surface area (Å²) in [4.78, 5) is 25.7. The van der Waals surface area contributed by atoms with Crippen LogP contribution in [0.4, 0.5) is 0 Å². The van der Waals surface area contributed by atoms with Crippen LogP contribution in [0.5, 0.6) is 0 Å². The van der Waals surface area contributed by atoms with Crippen molar-refractivity contribution in [3.05, 3.63) is 82.4 Å². The summed E-state index contributed by atoms with van der Waals surface area (Å²) in [7, 11) is 0. The lowest BCUT2D eigenvalue weighted by Gasteiger charge is -2.06. The molecule has 0 spiro atoms. The van der Waals surface area contributed by atoms with Crippen molar-refractivity contribution in [1.29, 1.82) is 0 Å². The van der Waals surface area contributed by atoms with Gasteiger partial charge in [0.25, 0.3) is 5.91 Å². The molecule has 5 rings (SSSR count). The molecule has 6 nitrogen and oxygen atoms in total. The number of fused-ring (bicyclic) bond motifs is 1. The van der Waals surface area contributed by atoms with Gasteiger partial charge in [-0.05, 0) is 35.2 Å². The minimum absolute atomic E-state index is 0.188. The molecular weight excluding hydrogens is 402 g/mol. The van der Waals surface area contributed by atoms with E-state index in [1.54, 1.807) is 29.2 Å². The van der Waals surface area contributed by atoms with Gasteiger partial charge in [-0.3, -0.25) is 9.36 Å². The molecule has 29 heavy (non-hydrogen) atoms. The number of thiophene rings is 1. The van der Waals surface area contributed by atoms with Gasteiger partial charge in [0.2, 0.25) is 0 Å². The standard InChI is InChI=1S/C21H15N5OS2/c27-20(17-12-29-21(25-17)15-7-8-28-11-15)23-10-14-5-6-19(22-9-14)26-13-24-16-3-1-2-4-18(16)26/h1-9,11-13H,10H2,(H,23,27). The highest BCUT2D eigenvalue weighted by molar-refractivity contribution is 7.14. The monoisotopic (exact) mass is 417 g/mol. The summed E-state index contributed by atoms with van der Waals surface area (Å²) in [6, 6.07) is 13.8. The summed E-state index contributed by atoms with van der Waals surface area (Å²) >= 11 is 3.09. The van der Waals surface area contributed by atoms with Gasteiger partial charge in [-0.25, -0.2) is 15.0 Å². The Kier molecular flexibility index (Phi) is 4.63. The van der Waals surface area contributed by atoms with Gasteiger partial charge < -0.3 is 5.32 Å². The Labute approximate surface area is 174 Å². The minimum Gasteiger partial charge on any atom is -0.347 e. The number of carbonyl (C=O) groups is 1. The number of rotatable bonds is 5. The number of carbonyl (C=O) groups excluding carboxylic acids is 1. The molecule has 0 fully saturated rings. The third-order valence-corrected chi connectivity index (χ3v) is 6.04. The van der Waals surface area contributed by atoms with Crippen LogP contribution in [-0.2, 0) is 6.54 Å². The molecule has 142 valence electrons. The molecule has 0 bridgehead atoms. The second kappa shape index (κ2) is 7.57. The van der Waals surface area contributed by atoms with Crippen LogP contribution in [0, 0.1) is 0 Å². The number of nitrogens with zero attached hydrogens (tertiary/aromatic N) is 4. The highest BCUT2D eigenvalue weighted by Gasteiger charge is 2.12. The molecule has 0 unspecified atom stereocenters. The SMILES string of the molecule is O=C(NCc1ccc(-n2cnc3ccccc32)nc1)c1csc(-c2ccsc2)n1. The Bertz CT molecular complexity index is 1270. The van der Waals surface area contributed by atoms with Gasteiger partial charge in [0.15, 0.2) is 0 Å². The van der Waals surface area contributed by atoms with Crippen molar-refractivity contribution in [2.24, 2.45) is 0 Å². The second-order valence-electron chi connectivity index (χ2n) is 6.36. The number of nitrogens with one attached hydrogen (secondary N) is 1. The van der Waals surface area contributed by atoms with E-state index >= 15 is 0 Å². The van der Waals surface area contributed by atoms with Crippen LogP contribution >= 0.6 is 22.7 Å². The van der Waals surface area contributed by atoms with Crippen LogP contribution in [0.1, 0.15) is 16.1 Å². The lowest BCUT2D eigenvalue weighted by Crippen LogP contribution is -2.23. The first-order valence-electron chi connectivity index (χ1n) is 8.91. The number of amides is 1. The minimum atomic E-state index is -0.188. The van der Waals surface area contributed by atoms with Crippen molar-refractivity contribution < 1.29 is 4.79 Å². The normalized spacial score (nSPS) is 11.0. The van der Waals surface area contributed by atoms with E-state index in [9.17, 15) is 4.79 Å². The summed E-state index contributed by atoms with van der Waals surface area (Å²) < 4.78 is 1.94. The molecule has 0 aliphatic heterocycles. The van der Waals surface area contributed by atoms with E-state index in [-0.39, 0.29) is 5.91 Å². The van der Waals surface area contributed by atoms with Crippen LogP contribution in [0.25, 0.3) is 27.4 Å². The van der Waals surface area contributed by atoms with Crippen molar-refractivity contribution in [3.8, 4) is 16.4 Å². The Balaban J connectivity index is 1.26. The first-order valence-corrected chi connectivity index (χ1v) is 10.7. The van der Waals surface area contributed by atoms with E-state index < -0.39 is 0 Å². The summed E-state index contributed by atoms with van der Waals surface area (Å²) in [5.74, 6) is 0.598. The molecule has 8 heteroatoms. The molecule has 5 aromatic rings. The van der Waals surface area contributed by atoms with Crippen LogP contribution in [0.2, 0.25) is 0 Å². The van der Waals surface area contributed by atoms with Crippen molar-refractivity contribution in [1.82, 2.24) is 24.8 Å². The van der Waals surface area contributed by atoms with Gasteiger partial charge in [-0.15, -0.1) is 11.3 Å². The number of hydrogen-bond donors (Lipinski definition) is 1. The van der Waals surface area contributed by atoms with E-state index in [0.717, 1.165) is 33.0 Å². The van der Waals surface area contributed by atoms with Crippen LogP contribution in [0.15, 0.2) is 71.1 Å². The topological polar surface area (TPSA) is 72.7 Å². The number of pyridine rings is 1. The number of aromatic nitrogens is 4. The van der Waals surface area contributed by atoms with Gasteiger partial charge in [0.05, 0.1) is 11.0 Å². The maximum absolute atomic E-state index is 12.4. The van der Waals surface area contributed by atoms with Crippen molar-refractivity contribution in [3.63, 3.8) is 0 Å². The summed E-state index contributed by atoms with van der Waals surface area (Å²) in [5, 5.41) is 9.57. The Morgan fingerprint density at radius 2 is 2.00 bits per heavy atom. The molecule has 0 radical (unpaired) electrons. The highest BCUT2D eigenvalue weighted by Crippen LogP contribution is 2.25. The third kappa shape index (κ3) is 3.55. The maximum atomic E-state index is 12.4. The molecule has 0 aliphatic carbocycles. The molecule has 0 saturated carbocycles. The van der Waals surface area contributed by atoms with Gasteiger partial charge in [-0.2, -0.15) is 11.3 Å². The van der Waals surface area contributed by atoms with Gasteiger partial charge in [0, 0.05) is 29.1 Å². The van der Waals surface area contributed by atoms with E-state index in [1.807, 2.05) is 57.8 Å². The molecule has 1 amide bonds. The smallest absolute Gasteiger partial charge is 0.271 e.